The van der Waals surface area contributed by atoms with Gasteiger partial charge >= 0.3 is 0 Å². The minimum atomic E-state index is -3.09. The molecule has 0 radical (unpaired) electrons. The van der Waals surface area contributed by atoms with Gasteiger partial charge < -0.3 is 5.32 Å². The number of carbonyl (C=O) groups is 1. The summed E-state index contributed by atoms with van der Waals surface area (Å²) in [5, 5.41) is 2.81. The average molecular weight is 312 g/mol. The Bertz CT molecular complexity index is 568. The van der Waals surface area contributed by atoms with Crippen molar-refractivity contribution in [3.63, 3.8) is 0 Å². The zero-order valence-corrected chi connectivity index (χ0v) is 12.8. The number of aromatic nitrogens is 1. The molecule has 0 bridgehead atoms. The Balaban J connectivity index is 1.70. The van der Waals surface area contributed by atoms with Gasteiger partial charge in [0, 0.05) is 45.5 Å². The number of nitrogens with one attached hydrogen (secondary N) is 1. The maximum Gasteiger partial charge on any atom is 0.269 e. The molecule has 0 saturated carbocycles. The Hall–Kier alpha value is -1.51. The fourth-order valence-electron chi connectivity index (χ4n) is 2.20. The van der Waals surface area contributed by atoms with Gasteiger partial charge in [-0.25, -0.2) is 8.42 Å². The molecule has 2 rings (SSSR count). The fourth-order valence-corrected chi connectivity index (χ4v) is 3.03. The molecule has 0 aliphatic carbocycles. The third-order valence-corrected chi connectivity index (χ3v) is 4.71. The van der Waals surface area contributed by atoms with E-state index in [4.69, 9.17) is 0 Å². The lowest BCUT2D eigenvalue weighted by molar-refractivity contribution is 0.0940. The molecule has 1 aromatic heterocycles. The van der Waals surface area contributed by atoms with Crippen LogP contribution in [0.2, 0.25) is 0 Å². The van der Waals surface area contributed by atoms with E-state index < -0.39 is 10.0 Å². The Morgan fingerprint density at radius 3 is 2.57 bits per heavy atom. The van der Waals surface area contributed by atoms with Crippen LogP contribution in [-0.4, -0.2) is 74.0 Å². The first-order chi connectivity index (χ1) is 9.97. The summed E-state index contributed by atoms with van der Waals surface area (Å²) < 4.78 is 24.3. The predicted molar refractivity (Wildman–Crippen MR) is 79.4 cm³/mol. The zero-order valence-electron chi connectivity index (χ0n) is 12.0. The van der Waals surface area contributed by atoms with E-state index >= 15 is 0 Å². The number of carbonyl (C=O) groups excluding carboxylic acids is 1. The number of hydrogen-bond acceptors (Lipinski definition) is 5. The molecule has 1 aliphatic heterocycles. The monoisotopic (exact) mass is 312 g/mol. The van der Waals surface area contributed by atoms with E-state index in [0.717, 1.165) is 0 Å². The van der Waals surface area contributed by atoms with Crippen molar-refractivity contribution in [1.29, 1.82) is 0 Å². The molecule has 116 valence electrons. The van der Waals surface area contributed by atoms with Crippen LogP contribution in [0.15, 0.2) is 24.4 Å². The van der Waals surface area contributed by atoms with Gasteiger partial charge in [-0.15, -0.1) is 0 Å². The van der Waals surface area contributed by atoms with Gasteiger partial charge in [-0.05, 0) is 12.1 Å². The van der Waals surface area contributed by atoms with E-state index in [-0.39, 0.29) is 5.91 Å². The molecule has 1 aliphatic rings. The first-order valence-corrected chi connectivity index (χ1v) is 8.68. The Morgan fingerprint density at radius 1 is 1.29 bits per heavy atom. The third kappa shape index (κ3) is 4.76. The van der Waals surface area contributed by atoms with Crippen molar-refractivity contribution >= 4 is 15.9 Å². The second-order valence-electron chi connectivity index (χ2n) is 4.97. The van der Waals surface area contributed by atoms with Crippen LogP contribution in [0, 0.1) is 0 Å². The smallest absolute Gasteiger partial charge is 0.269 e. The van der Waals surface area contributed by atoms with Gasteiger partial charge in [0.2, 0.25) is 10.0 Å². The molecule has 0 spiro atoms. The predicted octanol–water partition coefficient (Wildman–Crippen LogP) is -0.611. The molecule has 8 heteroatoms. The normalized spacial score (nSPS) is 17.6. The number of amides is 1. The lowest BCUT2D eigenvalue weighted by Crippen LogP contribution is -2.49. The van der Waals surface area contributed by atoms with Crippen molar-refractivity contribution in [2.24, 2.45) is 0 Å². The Labute approximate surface area is 125 Å². The number of sulfonamides is 1. The number of pyridine rings is 1. The summed E-state index contributed by atoms with van der Waals surface area (Å²) in [6.45, 7) is 3.61. The van der Waals surface area contributed by atoms with Gasteiger partial charge in [-0.2, -0.15) is 4.31 Å². The highest BCUT2D eigenvalue weighted by molar-refractivity contribution is 7.88. The summed E-state index contributed by atoms with van der Waals surface area (Å²) in [4.78, 5) is 17.9. The largest absolute Gasteiger partial charge is 0.349 e. The number of hydrogen-bond donors (Lipinski definition) is 1. The molecule has 0 aromatic carbocycles. The first-order valence-electron chi connectivity index (χ1n) is 6.83. The summed E-state index contributed by atoms with van der Waals surface area (Å²) >= 11 is 0. The zero-order chi connectivity index (χ0) is 15.3. The Kier molecular flexibility index (Phi) is 5.27. The van der Waals surface area contributed by atoms with Crippen molar-refractivity contribution in [2.45, 2.75) is 0 Å². The van der Waals surface area contributed by atoms with Crippen LogP contribution in [0.1, 0.15) is 10.5 Å². The highest BCUT2D eigenvalue weighted by Crippen LogP contribution is 2.05. The first kappa shape index (κ1) is 15.9. The van der Waals surface area contributed by atoms with E-state index in [1.54, 1.807) is 24.4 Å². The SMILES string of the molecule is CS(=O)(=O)N1CCN(CCNC(=O)c2ccccn2)CC1. The molecular weight excluding hydrogens is 292 g/mol. The van der Waals surface area contributed by atoms with Crippen molar-refractivity contribution in [1.82, 2.24) is 19.5 Å². The van der Waals surface area contributed by atoms with Crippen molar-refractivity contribution in [2.75, 3.05) is 45.5 Å². The van der Waals surface area contributed by atoms with Crippen molar-refractivity contribution in [3.05, 3.63) is 30.1 Å². The van der Waals surface area contributed by atoms with Gasteiger partial charge in [-0.3, -0.25) is 14.7 Å². The van der Waals surface area contributed by atoms with E-state index in [2.05, 4.69) is 15.2 Å². The molecule has 1 fully saturated rings. The maximum absolute atomic E-state index is 11.8. The summed E-state index contributed by atoms with van der Waals surface area (Å²) in [5.41, 5.74) is 0.402. The third-order valence-electron chi connectivity index (χ3n) is 3.41. The van der Waals surface area contributed by atoms with Crippen LogP contribution < -0.4 is 5.32 Å². The second-order valence-corrected chi connectivity index (χ2v) is 6.96. The van der Waals surface area contributed by atoms with E-state index in [0.29, 0.717) is 45.0 Å². The van der Waals surface area contributed by atoms with Crippen molar-refractivity contribution < 1.29 is 13.2 Å². The molecule has 2 heterocycles. The van der Waals surface area contributed by atoms with Gasteiger partial charge in [0.05, 0.1) is 6.26 Å². The summed E-state index contributed by atoms with van der Waals surface area (Å²) in [6, 6.07) is 5.20. The maximum atomic E-state index is 11.8. The van der Waals surface area contributed by atoms with Crippen molar-refractivity contribution in [3.8, 4) is 0 Å². The van der Waals surface area contributed by atoms with E-state index in [1.165, 1.54) is 10.6 Å². The quantitative estimate of drug-likeness (QED) is 0.784. The molecule has 1 amide bonds. The summed E-state index contributed by atoms with van der Waals surface area (Å²) in [5.74, 6) is -0.189. The average Bonchev–Trinajstić information content (AvgIpc) is 2.47. The Morgan fingerprint density at radius 2 is 2.00 bits per heavy atom. The highest BCUT2D eigenvalue weighted by Gasteiger charge is 2.22. The van der Waals surface area contributed by atoms with Crippen LogP contribution in [0.25, 0.3) is 0 Å². The van der Waals surface area contributed by atoms with Gasteiger partial charge in [-0.1, -0.05) is 6.07 Å². The molecule has 1 saturated heterocycles. The van der Waals surface area contributed by atoms with Crippen LogP contribution >= 0.6 is 0 Å². The highest BCUT2D eigenvalue weighted by atomic mass is 32.2. The van der Waals surface area contributed by atoms with Crippen LogP contribution in [-0.2, 0) is 10.0 Å². The molecule has 21 heavy (non-hydrogen) atoms. The topological polar surface area (TPSA) is 82.6 Å². The van der Waals surface area contributed by atoms with E-state index in [1.807, 2.05) is 0 Å². The number of nitrogens with zero attached hydrogens (tertiary/aromatic N) is 3. The molecule has 1 aromatic rings. The standard InChI is InChI=1S/C13H20N4O3S/c1-21(19,20)17-10-8-16(9-11-17)7-6-15-13(18)12-4-2-3-5-14-12/h2-5H,6-11H2,1H3,(H,15,18). The second kappa shape index (κ2) is 6.97. The molecule has 0 atom stereocenters. The minimum Gasteiger partial charge on any atom is -0.349 e. The molecule has 7 nitrogen and oxygen atoms in total. The number of piperazine rings is 1. The fraction of sp³-hybridized carbons (Fsp3) is 0.538. The molecule has 1 N–H and O–H groups in total. The van der Waals surface area contributed by atoms with Crippen LogP contribution in [0.3, 0.4) is 0 Å². The van der Waals surface area contributed by atoms with Crippen LogP contribution in [0.5, 0.6) is 0 Å². The van der Waals surface area contributed by atoms with E-state index in [9.17, 15) is 13.2 Å². The van der Waals surface area contributed by atoms with Crippen LogP contribution in [0.4, 0.5) is 0 Å². The van der Waals surface area contributed by atoms with Gasteiger partial charge in [0.25, 0.3) is 5.91 Å². The summed E-state index contributed by atoms with van der Waals surface area (Å²) in [6.07, 6.45) is 2.81. The minimum absolute atomic E-state index is 0.189. The van der Waals surface area contributed by atoms with Gasteiger partial charge in [0.15, 0.2) is 0 Å². The molecular formula is C13H20N4O3S. The summed E-state index contributed by atoms with van der Waals surface area (Å²) in [7, 11) is -3.09. The lowest BCUT2D eigenvalue weighted by Gasteiger charge is -2.33. The number of rotatable bonds is 5. The molecule has 0 unspecified atom stereocenters. The lowest BCUT2D eigenvalue weighted by atomic mass is 10.3. The van der Waals surface area contributed by atoms with Gasteiger partial charge in [0.1, 0.15) is 5.69 Å².